The third-order valence-electron chi connectivity index (χ3n) is 2.42. The number of nitrogens with two attached hydrogens (primary N) is 1. The number of rotatable bonds is 5. The fourth-order valence-electron chi connectivity index (χ4n) is 1.49. The number of benzene rings is 1. The molecule has 0 heterocycles. The van der Waals surface area contributed by atoms with Crippen molar-refractivity contribution >= 4 is 0 Å². The highest BCUT2D eigenvalue weighted by atomic mass is 19.1. The van der Waals surface area contributed by atoms with Gasteiger partial charge in [0.1, 0.15) is 11.6 Å². The normalized spacial score (nSPS) is 12.9. The zero-order chi connectivity index (χ0) is 12.1. The molecule has 0 bridgehead atoms. The van der Waals surface area contributed by atoms with Crippen LogP contribution in [0.4, 0.5) is 4.39 Å². The third-order valence-corrected chi connectivity index (χ3v) is 2.42. The molecule has 1 rings (SSSR count). The van der Waals surface area contributed by atoms with Gasteiger partial charge in [-0.05, 0) is 31.4 Å². The predicted molar refractivity (Wildman–Crippen MR) is 64.0 cm³/mol. The van der Waals surface area contributed by atoms with E-state index in [2.05, 4.69) is 13.8 Å². The zero-order valence-corrected chi connectivity index (χ0v) is 10.2. The van der Waals surface area contributed by atoms with Crippen LogP contribution in [-0.4, -0.2) is 6.61 Å². The van der Waals surface area contributed by atoms with Gasteiger partial charge in [-0.25, -0.2) is 4.39 Å². The highest BCUT2D eigenvalue weighted by Gasteiger charge is 2.13. The molecule has 1 aromatic rings. The van der Waals surface area contributed by atoms with Crippen molar-refractivity contribution in [2.24, 2.45) is 11.7 Å². The number of halogens is 1. The van der Waals surface area contributed by atoms with Crippen LogP contribution >= 0.6 is 0 Å². The summed E-state index contributed by atoms with van der Waals surface area (Å²) < 4.78 is 19.1. The van der Waals surface area contributed by atoms with Crippen molar-refractivity contribution in [2.75, 3.05) is 6.61 Å². The Balaban J connectivity index is 2.75. The molecule has 3 heteroatoms. The average molecular weight is 225 g/mol. The van der Waals surface area contributed by atoms with Crippen molar-refractivity contribution in [1.29, 1.82) is 0 Å². The molecule has 2 nitrogen and oxygen atoms in total. The first-order valence-electron chi connectivity index (χ1n) is 5.69. The Morgan fingerprint density at radius 2 is 2.00 bits per heavy atom. The quantitative estimate of drug-likeness (QED) is 0.834. The van der Waals surface area contributed by atoms with Crippen molar-refractivity contribution < 1.29 is 9.13 Å². The topological polar surface area (TPSA) is 35.2 Å². The third kappa shape index (κ3) is 3.49. The van der Waals surface area contributed by atoms with E-state index < -0.39 is 0 Å². The second-order valence-electron chi connectivity index (χ2n) is 4.47. The SMILES string of the molecule is CC(C)CCOc1cccc(F)c1[C@H](C)N. The minimum absolute atomic E-state index is 0.294. The summed E-state index contributed by atoms with van der Waals surface area (Å²) in [6.45, 7) is 6.61. The fourth-order valence-corrected chi connectivity index (χ4v) is 1.49. The Kier molecular flexibility index (Phi) is 4.74. The van der Waals surface area contributed by atoms with Crippen LogP contribution in [0.15, 0.2) is 18.2 Å². The van der Waals surface area contributed by atoms with Gasteiger partial charge >= 0.3 is 0 Å². The van der Waals surface area contributed by atoms with Crippen molar-refractivity contribution in [3.8, 4) is 5.75 Å². The molecule has 16 heavy (non-hydrogen) atoms. The van der Waals surface area contributed by atoms with E-state index in [0.29, 0.717) is 23.8 Å². The van der Waals surface area contributed by atoms with Crippen molar-refractivity contribution in [3.63, 3.8) is 0 Å². The Labute approximate surface area is 96.6 Å². The maximum atomic E-state index is 13.5. The van der Waals surface area contributed by atoms with E-state index in [9.17, 15) is 4.39 Å². The van der Waals surface area contributed by atoms with Gasteiger partial charge in [-0.3, -0.25) is 0 Å². The summed E-state index contributed by atoms with van der Waals surface area (Å²) >= 11 is 0. The summed E-state index contributed by atoms with van der Waals surface area (Å²) in [5.41, 5.74) is 6.19. The van der Waals surface area contributed by atoms with Crippen LogP contribution in [0, 0.1) is 11.7 Å². The Bertz CT molecular complexity index is 337. The lowest BCUT2D eigenvalue weighted by atomic mass is 10.1. The first kappa shape index (κ1) is 13.0. The molecule has 2 N–H and O–H groups in total. The van der Waals surface area contributed by atoms with E-state index in [0.717, 1.165) is 6.42 Å². The first-order chi connectivity index (χ1) is 7.52. The largest absolute Gasteiger partial charge is 0.493 e. The summed E-state index contributed by atoms with van der Waals surface area (Å²) in [7, 11) is 0. The number of hydrogen-bond donors (Lipinski definition) is 1. The van der Waals surface area contributed by atoms with Crippen molar-refractivity contribution in [1.82, 2.24) is 0 Å². The van der Waals surface area contributed by atoms with Gasteiger partial charge in [0.25, 0.3) is 0 Å². The lowest BCUT2D eigenvalue weighted by molar-refractivity contribution is 0.284. The molecule has 0 spiro atoms. The molecule has 0 fully saturated rings. The Morgan fingerprint density at radius 3 is 2.56 bits per heavy atom. The molecule has 90 valence electrons. The lowest BCUT2D eigenvalue weighted by Gasteiger charge is -2.15. The maximum Gasteiger partial charge on any atom is 0.131 e. The molecule has 0 saturated heterocycles. The smallest absolute Gasteiger partial charge is 0.131 e. The van der Waals surface area contributed by atoms with Gasteiger partial charge in [-0.1, -0.05) is 19.9 Å². The zero-order valence-electron chi connectivity index (χ0n) is 10.2. The molecular formula is C13H20FNO. The highest BCUT2D eigenvalue weighted by Crippen LogP contribution is 2.26. The molecule has 0 amide bonds. The van der Waals surface area contributed by atoms with Gasteiger partial charge in [0.05, 0.1) is 6.61 Å². The van der Waals surface area contributed by atoms with E-state index in [1.807, 2.05) is 0 Å². The second kappa shape index (κ2) is 5.85. The summed E-state index contributed by atoms with van der Waals surface area (Å²) in [6.07, 6.45) is 0.953. The first-order valence-corrected chi connectivity index (χ1v) is 5.69. The monoisotopic (exact) mass is 225 g/mol. The Hall–Kier alpha value is -1.09. The van der Waals surface area contributed by atoms with E-state index in [1.165, 1.54) is 6.07 Å². The van der Waals surface area contributed by atoms with Crippen LogP contribution in [-0.2, 0) is 0 Å². The average Bonchev–Trinajstić information content (AvgIpc) is 2.16. The molecule has 1 aromatic carbocycles. The van der Waals surface area contributed by atoms with E-state index in [-0.39, 0.29) is 11.9 Å². The van der Waals surface area contributed by atoms with E-state index in [4.69, 9.17) is 10.5 Å². The van der Waals surface area contributed by atoms with Crippen LogP contribution in [0.25, 0.3) is 0 Å². The molecule has 0 aromatic heterocycles. The summed E-state index contributed by atoms with van der Waals surface area (Å²) in [4.78, 5) is 0. The van der Waals surface area contributed by atoms with Crippen LogP contribution in [0.3, 0.4) is 0 Å². The van der Waals surface area contributed by atoms with Crippen LogP contribution in [0.5, 0.6) is 5.75 Å². The van der Waals surface area contributed by atoms with Crippen LogP contribution in [0.1, 0.15) is 38.8 Å². The van der Waals surface area contributed by atoms with Crippen LogP contribution in [0.2, 0.25) is 0 Å². The summed E-state index contributed by atoms with van der Waals surface area (Å²) in [5.74, 6) is 0.847. The maximum absolute atomic E-state index is 13.5. The predicted octanol–water partition coefficient (Wildman–Crippen LogP) is 3.27. The van der Waals surface area contributed by atoms with Gasteiger partial charge in [0.15, 0.2) is 0 Å². The molecule has 0 aliphatic heterocycles. The number of ether oxygens (including phenoxy) is 1. The lowest BCUT2D eigenvalue weighted by Crippen LogP contribution is -2.11. The summed E-state index contributed by atoms with van der Waals surface area (Å²) in [5, 5.41) is 0. The van der Waals surface area contributed by atoms with Crippen molar-refractivity contribution in [2.45, 2.75) is 33.2 Å². The van der Waals surface area contributed by atoms with Crippen molar-refractivity contribution in [3.05, 3.63) is 29.6 Å². The van der Waals surface area contributed by atoms with E-state index >= 15 is 0 Å². The molecule has 0 unspecified atom stereocenters. The van der Waals surface area contributed by atoms with Gasteiger partial charge in [0, 0.05) is 11.6 Å². The van der Waals surface area contributed by atoms with Crippen LogP contribution < -0.4 is 10.5 Å². The molecular weight excluding hydrogens is 205 g/mol. The highest BCUT2D eigenvalue weighted by molar-refractivity contribution is 5.36. The van der Waals surface area contributed by atoms with E-state index in [1.54, 1.807) is 19.1 Å². The van der Waals surface area contributed by atoms with Gasteiger partial charge in [0.2, 0.25) is 0 Å². The molecule has 1 atom stereocenters. The molecule has 0 radical (unpaired) electrons. The molecule has 0 aliphatic rings. The Morgan fingerprint density at radius 1 is 1.31 bits per heavy atom. The standard InChI is InChI=1S/C13H20FNO/c1-9(2)7-8-16-12-6-4-5-11(14)13(12)10(3)15/h4-6,9-10H,7-8,15H2,1-3H3/t10-/m0/s1. The minimum atomic E-state index is -0.352. The summed E-state index contributed by atoms with van der Waals surface area (Å²) in [6, 6.07) is 4.47. The fraction of sp³-hybridized carbons (Fsp3) is 0.538. The minimum Gasteiger partial charge on any atom is -0.493 e. The molecule has 0 saturated carbocycles. The van der Waals surface area contributed by atoms with Gasteiger partial charge in [-0.15, -0.1) is 0 Å². The number of hydrogen-bond acceptors (Lipinski definition) is 2. The van der Waals surface area contributed by atoms with Gasteiger partial charge < -0.3 is 10.5 Å². The second-order valence-corrected chi connectivity index (χ2v) is 4.47. The molecule has 0 aliphatic carbocycles. The van der Waals surface area contributed by atoms with Gasteiger partial charge in [-0.2, -0.15) is 0 Å².